The van der Waals surface area contributed by atoms with Crippen molar-refractivity contribution in [3.05, 3.63) is 12.0 Å². The minimum absolute atomic E-state index is 0.188. The van der Waals surface area contributed by atoms with E-state index in [1.54, 1.807) is 0 Å². The monoisotopic (exact) mass is 300 g/mol. The Hall–Kier alpha value is -0.443. The molecule has 0 saturated carbocycles. The fourth-order valence-corrected chi connectivity index (χ4v) is 2.58. The number of hydrogen-bond donors (Lipinski definition) is 0. The van der Waals surface area contributed by atoms with Gasteiger partial charge in [-0.1, -0.05) is 39.0 Å². The third-order valence-corrected chi connectivity index (χ3v) is 3.50. The van der Waals surface area contributed by atoms with Crippen LogP contribution < -0.4 is 0 Å². The van der Waals surface area contributed by atoms with Gasteiger partial charge in [-0.15, -0.1) is 0 Å². The van der Waals surface area contributed by atoms with Gasteiger partial charge in [0.15, 0.2) is 0 Å². The molecule has 20 heavy (non-hydrogen) atoms. The maximum atomic E-state index is 6.04. The van der Waals surface area contributed by atoms with Crippen molar-refractivity contribution >= 4 is 8.32 Å². The Labute approximate surface area is 128 Å². The van der Waals surface area contributed by atoms with Crippen LogP contribution >= 0.6 is 0 Å². The second-order valence-electron chi connectivity index (χ2n) is 7.51. The molecule has 0 rings (SSSR count). The summed E-state index contributed by atoms with van der Waals surface area (Å²) in [6.07, 6.45) is 11.1. The quantitative estimate of drug-likeness (QED) is 0.270. The number of rotatable bonds is 10. The summed E-state index contributed by atoms with van der Waals surface area (Å²) in [5.41, 5.74) is -0.188. The summed E-state index contributed by atoms with van der Waals surface area (Å²) in [7, 11) is -1.60. The van der Waals surface area contributed by atoms with Crippen LogP contribution in [0.25, 0.3) is 0 Å². The normalized spacial score (nSPS) is 13.4. The molecule has 0 amide bonds. The molecular weight excluding hydrogens is 264 g/mol. The summed E-state index contributed by atoms with van der Waals surface area (Å²) in [6.45, 7) is 15.0. The topological polar surface area (TPSA) is 18.5 Å². The number of allylic oxidation sites excluding steroid dienone is 1. The molecule has 0 spiro atoms. The molecule has 0 aromatic heterocycles. The Morgan fingerprint density at radius 1 is 0.950 bits per heavy atom. The molecule has 0 aliphatic carbocycles. The third kappa shape index (κ3) is 14.0. The highest BCUT2D eigenvalue weighted by molar-refractivity contribution is 6.69. The lowest BCUT2D eigenvalue weighted by Gasteiger charge is -2.28. The van der Waals surface area contributed by atoms with Crippen molar-refractivity contribution in [2.75, 3.05) is 0 Å². The van der Waals surface area contributed by atoms with Crippen LogP contribution in [-0.2, 0) is 9.16 Å². The molecule has 0 saturated heterocycles. The van der Waals surface area contributed by atoms with Gasteiger partial charge in [0.2, 0.25) is 8.32 Å². The van der Waals surface area contributed by atoms with Gasteiger partial charge >= 0.3 is 0 Å². The highest BCUT2D eigenvalue weighted by Gasteiger charge is 2.22. The van der Waals surface area contributed by atoms with E-state index in [-0.39, 0.29) is 5.60 Å². The molecule has 0 atom stereocenters. The lowest BCUT2D eigenvalue weighted by molar-refractivity contribution is -0.00908. The Bertz CT molecular complexity index is 254. The molecule has 0 fully saturated rings. The lowest BCUT2D eigenvalue weighted by Crippen LogP contribution is -2.29. The number of hydrogen-bond acceptors (Lipinski definition) is 2. The van der Waals surface area contributed by atoms with Gasteiger partial charge in [0.05, 0.1) is 0 Å². The van der Waals surface area contributed by atoms with Gasteiger partial charge in [0.25, 0.3) is 5.95 Å². The molecule has 2 nitrogen and oxygen atoms in total. The Balaban J connectivity index is 4.15. The second-order valence-corrected chi connectivity index (χ2v) is 11.9. The van der Waals surface area contributed by atoms with E-state index >= 15 is 0 Å². The zero-order chi connectivity index (χ0) is 15.6. The summed E-state index contributed by atoms with van der Waals surface area (Å²) in [5, 5.41) is 0. The molecule has 3 heteroatoms. The van der Waals surface area contributed by atoms with Gasteiger partial charge in [-0.05, 0) is 59.3 Å². The molecule has 0 unspecified atom stereocenters. The van der Waals surface area contributed by atoms with Crippen LogP contribution in [0.5, 0.6) is 0 Å². The predicted molar refractivity (Wildman–Crippen MR) is 91.3 cm³/mol. The highest BCUT2D eigenvalue weighted by atomic mass is 28.4. The van der Waals surface area contributed by atoms with Crippen LogP contribution in [0, 0.1) is 0 Å². The van der Waals surface area contributed by atoms with Gasteiger partial charge in [-0.2, -0.15) is 0 Å². The van der Waals surface area contributed by atoms with E-state index in [0.717, 1.165) is 12.4 Å². The Kier molecular flexibility index (Phi) is 9.28. The summed E-state index contributed by atoms with van der Waals surface area (Å²) in [5.74, 6) is 0.741. The fourth-order valence-electron chi connectivity index (χ4n) is 1.85. The van der Waals surface area contributed by atoms with Crippen molar-refractivity contribution in [1.29, 1.82) is 0 Å². The molecule has 120 valence electrons. The zero-order valence-corrected chi connectivity index (χ0v) is 15.8. The van der Waals surface area contributed by atoms with Gasteiger partial charge in [0, 0.05) is 0 Å². The molecule has 0 bridgehead atoms. The number of unbranched alkanes of at least 4 members (excludes halogenated alkanes) is 6. The van der Waals surface area contributed by atoms with E-state index in [1.165, 1.54) is 38.5 Å². The molecule has 0 radical (unpaired) electrons. The standard InChI is InChI=1S/C17H36O2Si/c1-8-9-10-11-12-13-14-15-16(18-17(2,3)4)19-20(5,6)7/h15H,8-14H2,1-7H3/b16-15+. The van der Waals surface area contributed by atoms with Crippen LogP contribution in [0.1, 0.15) is 72.6 Å². The van der Waals surface area contributed by atoms with Crippen LogP contribution in [0.4, 0.5) is 0 Å². The molecule has 0 heterocycles. The van der Waals surface area contributed by atoms with E-state index in [0.29, 0.717) is 0 Å². The van der Waals surface area contributed by atoms with Gasteiger partial charge in [-0.25, -0.2) is 0 Å². The van der Waals surface area contributed by atoms with Crippen molar-refractivity contribution < 1.29 is 9.16 Å². The minimum Gasteiger partial charge on any atom is -0.520 e. The SMILES string of the molecule is CCCCCCCC/C=C(\OC(C)(C)C)O[Si](C)(C)C. The van der Waals surface area contributed by atoms with Gasteiger partial charge in [-0.3, -0.25) is 0 Å². The highest BCUT2D eigenvalue weighted by Crippen LogP contribution is 2.20. The van der Waals surface area contributed by atoms with E-state index < -0.39 is 8.32 Å². The van der Waals surface area contributed by atoms with E-state index in [4.69, 9.17) is 9.16 Å². The van der Waals surface area contributed by atoms with Gasteiger partial charge < -0.3 is 9.16 Å². The first-order valence-corrected chi connectivity index (χ1v) is 11.6. The first kappa shape index (κ1) is 19.6. The Morgan fingerprint density at radius 2 is 1.50 bits per heavy atom. The fraction of sp³-hybridized carbons (Fsp3) is 0.882. The van der Waals surface area contributed by atoms with Crippen molar-refractivity contribution in [3.8, 4) is 0 Å². The van der Waals surface area contributed by atoms with Crippen LogP contribution in [-0.4, -0.2) is 13.9 Å². The maximum absolute atomic E-state index is 6.04. The average Bonchev–Trinajstić information content (AvgIpc) is 2.23. The third-order valence-electron chi connectivity index (χ3n) is 2.68. The lowest BCUT2D eigenvalue weighted by atomic mass is 10.1. The molecule has 0 N–H and O–H groups in total. The van der Waals surface area contributed by atoms with Crippen molar-refractivity contribution in [3.63, 3.8) is 0 Å². The largest absolute Gasteiger partial charge is 0.520 e. The van der Waals surface area contributed by atoms with Crippen molar-refractivity contribution in [2.45, 2.75) is 97.9 Å². The van der Waals surface area contributed by atoms with Crippen LogP contribution in [0.15, 0.2) is 12.0 Å². The summed E-state index contributed by atoms with van der Waals surface area (Å²) >= 11 is 0. The van der Waals surface area contributed by atoms with E-state index in [2.05, 4.69) is 53.4 Å². The average molecular weight is 301 g/mol. The first-order valence-electron chi connectivity index (χ1n) is 8.22. The van der Waals surface area contributed by atoms with E-state index in [1.807, 2.05) is 0 Å². The minimum atomic E-state index is -1.60. The molecule has 0 aromatic carbocycles. The summed E-state index contributed by atoms with van der Waals surface area (Å²) in [6, 6.07) is 0. The molecule has 0 aliphatic heterocycles. The Morgan fingerprint density at radius 3 is 2.00 bits per heavy atom. The first-order chi connectivity index (χ1) is 9.14. The molecule has 0 aromatic rings. The zero-order valence-electron chi connectivity index (χ0n) is 14.8. The maximum Gasteiger partial charge on any atom is 0.261 e. The van der Waals surface area contributed by atoms with Crippen LogP contribution in [0.3, 0.4) is 0 Å². The number of ether oxygens (including phenoxy) is 1. The van der Waals surface area contributed by atoms with E-state index in [9.17, 15) is 0 Å². The van der Waals surface area contributed by atoms with Crippen LogP contribution in [0.2, 0.25) is 19.6 Å². The van der Waals surface area contributed by atoms with Crippen molar-refractivity contribution in [1.82, 2.24) is 0 Å². The predicted octanol–water partition coefficient (Wildman–Crippen LogP) is 6.25. The molecule has 0 aliphatic rings. The second kappa shape index (κ2) is 9.49. The van der Waals surface area contributed by atoms with Crippen molar-refractivity contribution in [2.24, 2.45) is 0 Å². The summed E-state index contributed by atoms with van der Waals surface area (Å²) in [4.78, 5) is 0. The summed E-state index contributed by atoms with van der Waals surface area (Å²) < 4.78 is 12.0. The smallest absolute Gasteiger partial charge is 0.261 e. The molecular formula is C17H36O2Si. The van der Waals surface area contributed by atoms with Gasteiger partial charge in [0.1, 0.15) is 5.60 Å².